The van der Waals surface area contributed by atoms with Gasteiger partial charge in [-0.1, -0.05) is 19.1 Å². The molecule has 0 spiro atoms. The van der Waals surface area contributed by atoms with Gasteiger partial charge >= 0.3 is 0 Å². The number of nitrogens with zero attached hydrogens (tertiary/aromatic N) is 2. The Balaban J connectivity index is 2.58. The fourth-order valence-corrected chi connectivity index (χ4v) is 2.22. The molecule has 96 valence electrons. The largest absolute Gasteiger partial charge is 0.333 e. The molecular weight excluding hydrogens is 229 g/mol. The van der Waals surface area contributed by atoms with Gasteiger partial charge in [0, 0.05) is 7.05 Å². The molecule has 2 aromatic rings. The van der Waals surface area contributed by atoms with E-state index in [-0.39, 0.29) is 5.82 Å². The molecule has 0 aliphatic carbocycles. The molecule has 0 amide bonds. The van der Waals surface area contributed by atoms with E-state index in [0.717, 1.165) is 17.1 Å². The third kappa shape index (κ3) is 1.93. The van der Waals surface area contributed by atoms with Crippen molar-refractivity contribution in [3.05, 3.63) is 53.4 Å². The average molecular weight is 247 g/mol. The van der Waals surface area contributed by atoms with Gasteiger partial charge in [0.05, 0.1) is 17.4 Å². The molecule has 1 aromatic carbocycles. The molecule has 2 N–H and O–H groups in total. The first kappa shape index (κ1) is 12.8. The molecule has 1 heterocycles. The van der Waals surface area contributed by atoms with E-state index >= 15 is 0 Å². The summed E-state index contributed by atoms with van der Waals surface area (Å²) in [5.41, 5.74) is 7.45. The summed E-state index contributed by atoms with van der Waals surface area (Å²) in [6.07, 6.45) is 2.44. The maximum Gasteiger partial charge on any atom is 0.123 e. The van der Waals surface area contributed by atoms with Gasteiger partial charge in [-0.05, 0) is 31.0 Å². The van der Waals surface area contributed by atoms with E-state index in [1.165, 1.54) is 12.1 Å². The Morgan fingerprint density at radius 2 is 2.17 bits per heavy atom. The van der Waals surface area contributed by atoms with Crippen LogP contribution in [0.5, 0.6) is 0 Å². The Kier molecular flexibility index (Phi) is 3.22. The highest BCUT2D eigenvalue weighted by Crippen LogP contribution is 2.30. The van der Waals surface area contributed by atoms with Crippen LogP contribution in [0.25, 0.3) is 0 Å². The molecule has 0 bridgehead atoms. The molecule has 0 fully saturated rings. The average Bonchev–Trinajstić information content (AvgIpc) is 2.69. The zero-order valence-corrected chi connectivity index (χ0v) is 10.9. The lowest BCUT2D eigenvalue weighted by Gasteiger charge is -2.29. The molecule has 2 rings (SSSR count). The minimum absolute atomic E-state index is 0.269. The molecule has 0 aliphatic rings. The van der Waals surface area contributed by atoms with Crippen LogP contribution in [0.2, 0.25) is 0 Å². The zero-order chi connectivity index (χ0) is 13.3. The van der Waals surface area contributed by atoms with E-state index in [2.05, 4.69) is 4.98 Å². The third-order valence-corrected chi connectivity index (χ3v) is 3.57. The molecule has 0 saturated heterocycles. The Morgan fingerprint density at radius 1 is 1.44 bits per heavy atom. The second kappa shape index (κ2) is 4.53. The minimum Gasteiger partial charge on any atom is -0.333 e. The highest BCUT2D eigenvalue weighted by Gasteiger charge is 2.31. The second-order valence-corrected chi connectivity index (χ2v) is 4.58. The van der Waals surface area contributed by atoms with Gasteiger partial charge in [-0.2, -0.15) is 0 Å². The van der Waals surface area contributed by atoms with Crippen molar-refractivity contribution in [2.75, 3.05) is 0 Å². The summed E-state index contributed by atoms with van der Waals surface area (Å²) in [6.45, 7) is 3.92. The van der Waals surface area contributed by atoms with E-state index in [1.54, 1.807) is 12.3 Å². The lowest BCUT2D eigenvalue weighted by atomic mass is 9.85. The molecule has 0 aliphatic heterocycles. The first-order valence-electron chi connectivity index (χ1n) is 6.02. The van der Waals surface area contributed by atoms with Gasteiger partial charge in [0.15, 0.2) is 0 Å². The fourth-order valence-electron chi connectivity index (χ4n) is 2.22. The summed E-state index contributed by atoms with van der Waals surface area (Å²) < 4.78 is 15.3. The van der Waals surface area contributed by atoms with Crippen LogP contribution < -0.4 is 5.73 Å². The number of aryl methyl sites for hydroxylation is 1. The van der Waals surface area contributed by atoms with Crippen molar-refractivity contribution in [3.8, 4) is 0 Å². The second-order valence-electron chi connectivity index (χ2n) is 4.58. The number of aromatic nitrogens is 2. The van der Waals surface area contributed by atoms with Crippen molar-refractivity contribution < 1.29 is 4.39 Å². The minimum atomic E-state index is -0.710. The summed E-state index contributed by atoms with van der Waals surface area (Å²) in [5.74, 6) is 0.624. The van der Waals surface area contributed by atoms with Gasteiger partial charge < -0.3 is 10.3 Å². The van der Waals surface area contributed by atoms with Crippen LogP contribution in [-0.4, -0.2) is 9.55 Å². The van der Waals surface area contributed by atoms with E-state index < -0.39 is 5.54 Å². The van der Waals surface area contributed by atoms with Crippen molar-refractivity contribution in [2.45, 2.75) is 25.8 Å². The number of rotatable bonds is 3. The smallest absolute Gasteiger partial charge is 0.123 e. The number of halogens is 1. The van der Waals surface area contributed by atoms with Crippen LogP contribution in [0.4, 0.5) is 4.39 Å². The Hall–Kier alpha value is -1.68. The third-order valence-electron chi connectivity index (χ3n) is 3.57. The molecule has 1 atom stereocenters. The normalized spacial score (nSPS) is 14.5. The highest BCUT2D eigenvalue weighted by atomic mass is 19.1. The predicted molar refractivity (Wildman–Crippen MR) is 69.6 cm³/mol. The topological polar surface area (TPSA) is 43.8 Å². The number of benzene rings is 1. The summed E-state index contributed by atoms with van der Waals surface area (Å²) in [7, 11) is 1.92. The number of imidazole rings is 1. The first-order valence-corrected chi connectivity index (χ1v) is 6.02. The van der Waals surface area contributed by atoms with Crippen molar-refractivity contribution in [2.24, 2.45) is 12.8 Å². The molecule has 1 aromatic heterocycles. The maximum atomic E-state index is 13.4. The first-order chi connectivity index (χ1) is 8.49. The summed E-state index contributed by atoms with van der Waals surface area (Å²) in [4.78, 5) is 4.27. The van der Waals surface area contributed by atoms with Crippen LogP contribution in [-0.2, 0) is 12.6 Å². The summed E-state index contributed by atoms with van der Waals surface area (Å²) in [5, 5.41) is 0. The standard InChI is InChI=1S/C14H18FN3/c1-4-14(16,11-6-5-7-12(15)8-11)13-9-17-10(2)18(13)3/h5-9H,4,16H2,1-3H3. The predicted octanol–water partition coefficient (Wildman–Crippen LogP) is 2.48. The molecule has 1 unspecified atom stereocenters. The molecule has 0 radical (unpaired) electrons. The van der Waals surface area contributed by atoms with Crippen molar-refractivity contribution in [1.82, 2.24) is 9.55 Å². The summed E-state index contributed by atoms with van der Waals surface area (Å²) in [6, 6.07) is 6.46. The molecule has 4 heteroatoms. The lowest BCUT2D eigenvalue weighted by Crippen LogP contribution is -2.39. The van der Waals surface area contributed by atoms with Gasteiger partial charge in [-0.15, -0.1) is 0 Å². The van der Waals surface area contributed by atoms with Gasteiger partial charge in [0.1, 0.15) is 11.6 Å². The maximum absolute atomic E-state index is 13.4. The van der Waals surface area contributed by atoms with Crippen LogP contribution in [0.3, 0.4) is 0 Å². The highest BCUT2D eigenvalue weighted by molar-refractivity contribution is 5.34. The number of hydrogen-bond donors (Lipinski definition) is 1. The SMILES string of the molecule is CCC(N)(c1cccc(F)c1)c1cnc(C)n1C. The molecule has 3 nitrogen and oxygen atoms in total. The number of nitrogens with two attached hydrogens (primary N) is 1. The Morgan fingerprint density at radius 3 is 2.67 bits per heavy atom. The van der Waals surface area contributed by atoms with E-state index in [0.29, 0.717) is 6.42 Å². The van der Waals surface area contributed by atoms with Gasteiger partial charge in [-0.3, -0.25) is 0 Å². The van der Waals surface area contributed by atoms with Crippen LogP contribution in [0.1, 0.15) is 30.4 Å². The van der Waals surface area contributed by atoms with Crippen LogP contribution in [0.15, 0.2) is 30.5 Å². The fraction of sp³-hybridized carbons (Fsp3) is 0.357. The monoisotopic (exact) mass is 247 g/mol. The summed E-state index contributed by atoms with van der Waals surface area (Å²) >= 11 is 0. The molecule has 0 saturated carbocycles. The van der Waals surface area contributed by atoms with Gasteiger partial charge in [0.2, 0.25) is 0 Å². The van der Waals surface area contributed by atoms with Crippen LogP contribution >= 0.6 is 0 Å². The Labute approximate surface area is 106 Å². The zero-order valence-electron chi connectivity index (χ0n) is 10.9. The number of hydrogen-bond acceptors (Lipinski definition) is 2. The van der Waals surface area contributed by atoms with Crippen molar-refractivity contribution >= 4 is 0 Å². The van der Waals surface area contributed by atoms with Gasteiger partial charge in [0.25, 0.3) is 0 Å². The van der Waals surface area contributed by atoms with Crippen molar-refractivity contribution in [3.63, 3.8) is 0 Å². The lowest BCUT2D eigenvalue weighted by molar-refractivity contribution is 0.479. The molecular formula is C14H18FN3. The van der Waals surface area contributed by atoms with Gasteiger partial charge in [-0.25, -0.2) is 9.37 Å². The van der Waals surface area contributed by atoms with Crippen LogP contribution in [0, 0.1) is 12.7 Å². The van der Waals surface area contributed by atoms with E-state index in [1.807, 2.05) is 31.5 Å². The molecule has 18 heavy (non-hydrogen) atoms. The Bertz CT molecular complexity index is 562. The van der Waals surface area contributed by atoms with Crippen molar-refractivity contribution in [1.29, 1.82) is 0 Å². The quantitative estimate of drug-likeness (QED) is 0.905. The van der Waals surface area contributed by atoms with E-state index in [9.17, 15) is 4.39 Å². The van der Waals surface area contributed by atoms with E-state index in [4.69, 9.17) is 5.73 Å².